The maximum absolute atomic E-state index is 10.4. The summed E-state index contributed by atoms with van der Waals surface area (Å²) in [5.74, 6) is 0.188. The van der Waals surface area contributed by atoms with Crippen LogP contribution < -0.4 is 0 Å². The largest absolute Gasteiger partial charge is 0.389 e. The molecule has 2 aromatic carbocycles. The summed E-state index contributed by atoms with van der Waals surface area (Å²) in [6.45, 7) is 9.21. The lowest BCUT2D eigenvalue weighted by atomic mass is 9.92. The third-order valence-corrected chi connectivity index (χ3v) is 5.38. The van der Waals surface area contributed by atoms with Gasteiger partial charge in [0.15, 0.2) is 0 Å². The van der Waals surface area contributed by atoms with Crippen LogP contribution >= 0.6 is 0 Å². The zero-order chi connectivity index (χ0) is 18.9. The van der Waals surface area contributed by atoms with E-state index in [1.807, 2.05) is 12.1 Å². The number of piperazine rings is 1. The molecule has 1 N–H and O–H groups in total. The van der Waals surface area contributed by atoms with Crippen molar-refractivity contribution in [3.05, 3.63) is 71.8 Å². The zero-order valence-corrected chi connectivity index (χ0v) is 16.3. The molecule has 27 heavy (non-hydrogen) atoms. The van der Waals surface area contributed by atoms with Crippen LogP contribution in [0, 0.1) is 0 Å². The summed E-state index contributed by atoms with van der Waals surface area (Å²) in [6, 6.07) is 20.9. The summed E-state index contributed by atoms with van der Waals surface area (Å²) in [4.78, 5) is 4.79. The molecule has 0 radical (unpaired) electrons. The fourth-order valence-electron chi connectivity index (χ4n) is 3.72. The molecular formula is C23H32N2O2. The van der Waals surface area contributed by atoms with E-state index in [1.165, 1.54) is 11.1 Å². The van der Waals surface area contributed by atoms with E-state index in [1.54, 1.807) is 0 Å². The molecule has 0 saturated carbocycles. The second-order valence-electron chi connectivity index (χ2n) is 7.30. The summed E-state index contributed by atoms with van der Waals surface area (Å²) >= 11 is 0. The van der Waals surface area contributed by atoms with E-state index in [0.29, 0.717) is 19.8 Å². The van der Waals surface area contributed by atoms with Gasteiger partial charge in [-0.15, -0.1) is 0 Å². The number of hydrogen-bond acceptors (Lipinski definition) is 4. The predicted octanol–water partition coefficient (Wildman–Crippen LogP) is 2.83. The van der Waals surface area contributed by atoms with Gasteiger partial charge in [0.1, 0.15) is 0 Å². The Kier molecular flexibility index (Phi) is 7.84. The molecule has 1 fully saturated rings. The molecule has 0 bridgehead atoms. The SMILES string of the molecule is CCN1CCN(CC(O)COCC(c2ccccc2)c2ccccc2)CC1. The van der Waals surface area contributed by atoms with Gasteiger partial charge in [-0.05, 0) is 17.7 Å². The zero-order valence-electron chi connectivity index (χ0n) is 16.3. The van der Waals surface area contributed by atoms with Gasteiger partial charge < -0.3 is 14.7 Å². The van der Waals surface area contributed by atoms with E-state index in [0.717, 1.165) is 32.7 Å². The van der Waals surface area contributed by atoms with Crippen LogP contribution in [-0.2, 0) is 4.74 Å². The number of likely N-dealkylation sites (N-methyl/N-ethyl adjacent to an activating group) is 1. The van der Waals surface area contributed by atoms with Crippen LogP contribution in [0.3, 0.4) is 0 Å². The molecular weight excluding hydrogens is 336 g/mol. The smallest absolute Gasteiger partial charge is 0.0900 e. The number of aliphatic hydroxyl groups excluding tert-OH is 1. The Hall–Kier alpha value is -1.72. The van der Waals surface area contributed by atoms with Crippen LogP contribution in [0.5, 0.6) is 0 Å². The van der Waals surface area contributed by atoms with Gasteiger partial charge in [0.05, 0.1) is 19.3 Å². The lowest BCUT2D eigenvalue weighted by molar-refractivity contribution is 0.00566. The van der Waals surface area contributed by atoms with Crippen molar-refractivity contribution in [1.29, 1.82) is 0 Å². The first-order valence-electron chi connectivity index (χ1n) is 10.1. The van der Waals surface area contributed by atoms with Crippen molar-refractivity contribution in [2.75, 3.05) is 52.5 Å². The number of nitrogens with zero attached hydrogens (tertiary/aromatic N) is 2. The average molecular weight is 369 g/mol. The highest BCUT2D eigenvalue weighted by Crippen LogP contribution is 2.24. The molecule has 0 aromatic heterocycles. The van der Waals surface area contributed by atoms with Crippen molar-refractivity contribution in [3.8, 4) is 0 Å². The molecule has 1 saturated heterocycles. The molecule has 2 aromatic rings. The van der Waals surface area contributed by atoms with E-state index < -0.39 is 6.10 Å². The predicted molar refractivity (Wildman–Crippen MR) is 110 cm³/mol. The van der Waals surface area contributed by atoms with E-state index in [-0.39, 0.29) is 5.92 Å². The monoisotopic (exact) mass is 368 g/mol. The second-order valence-corrected chi connectivity index (χ2v) is 7.30. The van der Waals surface area contributed by atoms with Gasteiger partial charge >= 0.3 is 0 Å². The highest BCUT2D eigenvalue weighted by Gasteiger charge is 2.19. The number of benzene rings is 2. The van der Waals surface area contributed by atoms with E-state index in [4.69, 9.17) is 4.74 Å². The molecule has 0 spiro atoms. The Labute approximate surface area is 163 Å². The topological polar surface area (TPSA) is 35.9 Å². The molecule has 4 heteroatoms. The van der Waals surface area contributed by atoms with Gasteiger partial charge in [-0.25, -0.2) is 0 Å². The van der Waals surface area contributed by atoms with Gasteiger partial charge in [-0.1, -0.05) is 67.6 Å². The minimum atomic E-state index is -0.439. The lowest BCUT2D eigenvalue weighted by Gasteiger charge is -2.35. The van der Waals surface area contributed by atoms with E-state index in [2.05, 4.69) is 65.3 Å². The molecule has 1 aliphatic heterocycles. The molecule has 146 valence electrons. The van der Waals surface area contributed by atoms with Crippen molar-refractivity contribution < 1.29 is 9.84 Å². The Balaban J connectivity index is 1.49. The van der Waals surface area contributed by atoms with Crippen LogP contribution in [0.1, 0.15) is 24.0 Å². The van der Waals surface area contributed by atoms with Crippen LogP contribution in [0.25, 0.3) is 0 Å². The molecule has 1 unspecified atom stereocenters. The number of β-amino-alcohol motifs (C(OH)–C–C–N with tert-alkyl or cyclic N) is 1. The molecule has 1 aliphatic rings. The first kappa shape index (κ1) is 20.0. The standard InChI is InChI=1S/C23H32N2O2/c1-2-24-13-15-25(16-14-24)17-22(26)18-27-19-23(20-9-5-3-6-10-20)21-11-7-4-8-12-21/h3-12,22-23,26H,2,13-19H2,1H3. The van der Waals surface area contributed by atoms with Gasteiger partial charge in [0.2, 0.25) is 0 Å². The van der Waals surface area contributed by atoms with Crippen LogP contribution in [0.4, 0.5) is 0 Å². The van der Waals surface area contributed by atoms with Gasteiger partial charge in [0, 0.05) is 38.6 Å². The maximum atomic E-state index is 10.4. The molecule has 4 nitrogen and oxygen atoms in total. The summed E-state index contributed by atoms with van der Waals surface area (Å²) in [6.07, 6.45) is -0.439. The van der Waals surface area contributed by atoms with Gasteiger partial charge in [0.25, 0.3) is 0 Å². The van der Waals surface area contributed by atoms with Crippen molar-refractivity contribution >= 4 is 0 Å². The molecule has 0 amide bonds. The summed E-state index contributed by atoms with van der Waals surface area (Å²) in [5.41, 5.74) is 2.49. The minimum Gasteiger partial charge on any atom is -0.389 e. The quantitative estimate of drug-likeness (QED) is 0.738. The number of hydrogen-bond donors (Lipinski definition) is 1. The van der Waals surface area contributed by atoms with E-state index >= 15 is 0 Å². The first-order valence-corrected chi connectivity index (χ1v) is 10.1. The van der Waals surface area contributed by atoms with Crippen molar-refractivity contribution in [1.82, 2.24) is 9.80 Å². The normalized spacial score (nSPS) is 17.3. The molecule has 0 aliphatic carbocycles. The van der Waals surface area contributed by atoms with Crippen LogP contribution in [0.15, 0.2) is 60.7 Å². The third kappa shape index (κ3) is 6.15. The number of rotatable bonds is 9. The summed E-state index contributed by atoms with van der Waals surface area (Å²) in [7, 11) is 0. The summed E-state index contributed by atoms with van der Waals surface area (Å²) < 4.78 is 5.96. The van der Waals surface area contributed by atoms with Crippen LogP contribution in [-0.4, -0.2) is 73.5 Å². The Morgan fingerprint density at radius 1 is 0.815 bits per heavy atom. The van der Waals surface area contributed by atoms with Crippen molar-refractivity contribution in [2.45, 2.75) is 18.9 Å². The van der Waals surface area contributed by atoms with Crippen molar-refractivity contribution in [2.24, 2.45) is 0 Å². The lowest BCUT2D eigenvalue weighted by Crippen LogP contribution is -2.48. The number of aliphatic hydroxyl groups is 1. The third-order valence-electron chi connectivity index (χ3n) is 5.38. The van der Waals surface area contributed by atoms with Gasteiger partial charge in [-0.2, -0.15) is 0 Å². The van der Waals surface area contributed by atoms with Gasteiger partial charge in [-0.3, -0.25) is 4.90 Å². The Morgan fingerprint density at radius 2 is 1.33 bits per heavy atom. The van der Waals surface area contributed by atoms with Crippen molar-refractivity contribution in [3.63, 3.8) is 0 Å². The Bertz CT molecular complexity index is 602. The molecule has 1 atom stereocenters. The number of ether oxygens (including phenoxy) is 1. The Morgan fingerprint density at radius 3 is 1.85 bits per heavy atom. The highest BCUT2D eigenvalue weighted by atomic mass is 16.5. The maximum Gasteiger partial charge on any atom is 0.0900 e. The fourth-order valence-corrected chi connectivity index (χ4v) is 3.72. The molecule has 1 heterocycles. The second kappa shape index (κ2) is 10.6. The van der Waals surface area contributed by atoms with Crippen LogP contribution in [0.2, 0.25) is 0 Å². The summed E-state index contributed by atoms with van der Waals surface area (Å²) in [5, 5.41) is 10.4. The minimum absolute atomic E-state index is 0.188. The fraction of sp³-hybridized carbons (Fsp3) is 0.478. The first-order chi connectivity index (χ1) is 13.3. The highest BCUT2D eigenvalue weighted by molar-refractivity contribution is 5.32. The van der Waals surface area contributed by atoms with E-state index in [9.17, 15) is 5.11 Å². The molecule has 3 rings (SSSR count). The average Bonchev–Trinajstić information content (AvgIpc) is 2.73.